The van der Waals surface area contributed by atoms with Gasteiger partial charge in [-0.15, -0.1) is 11.3 Å². The molecule has 0 saturated carbocycles. The summed E-state index contributed by atoms with van der Waals surface area (Å²) >= 11 is 1.62. The quantitative estimate of drug-likeness (QED) is 0.914. The van der Waals surface area contributed by atoms with Crippen LogP contribution in [0.1, 0.15) is 21.7 Å². The van der Waals surface area contributed by atoms with E-state index < -0.39 is 0 Å². The molecule has 0 radical (unpaired) electrons. The summed E-state index contributed by atoms with van der Waals surface area (Å²) in [5.74, 6) is 0.322. The van der Waals surface area contributed by atoms with E-state index in [0.717, 1.165) is 43.6 Å². The Morgan fingerprint density at radius 1 is 1.32 bits per heavy atom. The first-order chi connectivity index (χ1) is 10.6. The number of aromatic nitrogens is 1. The van der Waals surface area contributed by atoms with E-state index in [9.17, 15) is 5.11 Å². The van der Waals surface area contributed by atoms with Crippen molar-refractivity contribution in [3.63, 3.8) is 0 Å². The minimum absolute atomic E-state index is 0.322. The number of phenolic OH excluding ortho intramolecular Hbond substituents is 1. The second-order valence-electron chi connectivity index (χ2n) is 5.73. The Kier molecular flexibility index (Phi) is 4.45. The minimum Gasteiger partial charge on any atom is -0.508 e. The summed E-state index contributed by atoms with van der Waals surface area (Å²) in [7, 11) is 0. The summed E-state index contributed by atoms with van der Waals surface area (Å²) in [6.45, 7) is 4.96. The van der Waals surface area contributed by atoms with Crippen LogP contribution in [0.5, 0.6) is 5.75 Å². The van der Waals surface area contributed by atoms with Crippen molar-refractivity contribution in [2.45, 2.75) is 19.8 Å². The van der Waals surface area contributed by atoms with E-state index in [1.54, 1.807) is 23.5 Å². The lowest BCUT2D eigenvalue weighted by atomic mass is 10.1. The molecule has 1 aliphatic rings. The Labute approximate surface area is 134 Å². The average Bonchev–Trinajstić information content (AvgIpc) is 2.70. The molecule has 0 amide bonds. The maximum atomic E-state index is 9.62. The number of rotatable bonds is 3. The number of hydrogen-bond donors (Lipinski definition) is 2. The standard InChI is InChI=1S/C17H21N3OS/c1-12-9-13(11-14(21)10-12)3-2-6-20-7-4-15-16(5-8-20)22-17(18)19-15/h2-3,9-11,21H,4-8H2,1H3,(H2,18,19)/b3-2+. The number of nitrogens with two attached hydrogens (primary N) is 1. The van der Waals surface area contributed by atoms with Gasteiger partial charge in [0, 0.05) is 30.9 Å². The van der Waals surface area contributed by atoms with Gasteiger partial charge in [0.05, 0.1) is 5.69 Å². The number of hydrogen-bond acceptors (Lipinski definition) is 5. The fourth-order valence-corrected chi connectivity index (χ4v) is 3.71. The van der Waals surface area contributed by atoms with Crippen LogP contribution in [0, 0.1) is 6.92 Å². The van der Waals surface area contributed by atoms with Crippen LogP contribution in [0.4, 0.5) is 5.13 Å². The number of benzene rings is 1. The summed E-state index contributed by atoms with van der Waals surface area (Å²) < 4.78 is 0. The van der Waals surface area contributed by atoms with Crippen molar-refractivity contribution in [1.82, 2.24) is 9.88 Å². The van der Waals surface area contributed by atoms with Crippen molar-refractivity contribution in [2.75, 3.05) is 25.4 Å². The molecule has 2 aromatic rings. The highest BCUT2D eigenvalue weighted by Gasteiger charge is 2.16. The Balaban J connectivity index is 1.58. The van der Waals surface area contributed by atoms with Gasteiger partial charge in [0.1, 0.15) is 5.75 Å². The largest absolute Gasteiger partial charge is 0.508 e. The maximum Gasteiger partial charge on any atom is 0.180 e. The summed E-state index contributed by atoms with van der Waals surface area (Å²) in [6, 6.07) is 5.63. The fraction of sp³-hybridized carbons (Fsp3) is 0.353. The zero-order chi connectivity index (χ0) is 15.5. The minimum atomic E-state index is 0.322. The topological polar surface area (TPSA) is 62.4 Å². The third-order valence-corrected chi connectivity index (χ3v) is 4.86. The van der Waals surface area contributed by atoms with Gasteiger partial charge in [-0.1, -0.05) is 18.2 Å². The maximum absolute atomic E-state index is 9.62. The molecule has 1 aliphatic heterocycles. The van der Waals surface area contributed by atoms with Gasteiger partial charge in [-0.05, 0) is 36.6 Å². The molecule has 3 N–H and O–H groups in total. The van der Waals surface area contributed by atoms with E-state index in [1.165, 1.54) is 10.6 Å². The zero-order valence-corrected chi connectivity index (χ0v) is 13.6. The highest BCUT2D eigenvalue weighted by Crippen LogP contribution is 2.24. The highest BCUT2D eigenvalue weighted by atomic mass is 32.1. The van der Waals surface area contributed by atoms with Gasteiger partial charge in [-0.2, -0.15) is 0 Å². The van der Waals surface area contributed by atoms with Gasteiger partial charge in [-0.25, -0.2) is 4.98 Å². The van der Waals surface area contributed by atoms with Gasteiger partial charge >= 0.3 is 0 Å². The second kappa shape index (κ2) is 6.50. The summed E-state index contributed by atoms with van der Waals surface area (Å²) in [4.78, 5) is 8.18. The van der Waals surface area contributed by atoms with Crippen molar-refractivity contribution in [1.29, 1.82) is 0 Å². The lowest BCUT2D eigenvalue weighted by molar-refractivity contribution is 0.318. The monoisotopic (exact) mass is 315 g/mol. The fourth-order valence-electron chi connectivity index (χ4n) is 2.84. The molecule has 0 fully saturated rings. The molecule has 4 nitrogen and oxygen atoms in total. The van der Waals surface area contributed by atoms with Crippen LogP contribution in [0.15, 0.2) is 24.3 Å². The molecule has 0 aliphatic carbocycles. The molecule has 0 atom stereocenters. The van der Waals surface area contributed by atoms with Gasteiger partial charge < -0.3 is 10.8 Å². The van der Waals surface area contributed by atoms with Gasteiger partial charge in [0.2, 0.25) is 0 Å². The molecule has 1 aromatic carbocycles. The van der Waals surface area contributed by atoms with Crippen molar-refractivity contribution in [3.05, 3.63) is 46.0 Å². The average molecular weight is 315 g/mol. The number of aromatic hydroxyl groups is 1. The third kappa shape index (κ3) is 3.67. The molecule has 5 heteroatoms. The van der Waals surface area contributed by atoms with Crippen LogP contribution in [-0.2, 0) is 12.8 Å². The molecule has 0 bridgehead atoms. The normalized spacial score (nSPS) is 15.9. The highest BCUT2D eigenvalue weighted by molar-refractivity contribution is 7.15. The second-order valence-corrected chi connectivity index (χ2v) is 6.84. The van der Waals surface area contributed by atoms with Crippen molar-refractivity contribution in [2.24, 2.45) is 0 Å². The molecule has 1 aromatic heterocycles. The molecule has 116 valence electrons. The Morgan fingerprint density at radius 3 is 2.95 bits per heavy atom. The third-order valence-electron chi connectivity index (χ3n) is 3.87. The predicted octanol–water partition coefficient (Wildman–Crippen LogP) is 2.85. The van der Waals surface area contributed by atoms with Crippen LogP contribution >= 0.6 is 11.3 Å². The Morgan fingerprint density at radius 2 is 2.14 bits per heavy atom. The first-order valence-corrected chi connectivity index (χ1v) is 8.35. The lowest BCUT2D eigenvalue weighted by Crippen LogP contribution is -2.26. The summed E-state index contributed by atoms with van der Waals surface area (Å²) in [5, 5.41) is 10.3. The molecular formula is C17H21N3OS. The first kappa shape index (κ1) is 15.1. The number of aryl methyl sites for hydroxylation is 1. The number of nitrogens with zero attached hydrogens (tertiary/aromatic N) is 2. The number of thiazole rings is 1. The first-order valence-electron chi connectivity index (χ1n) is 7.54. The summed E-state index contributed by atoms with van der Waals surface area (Å²) in [6.07, 6.45) is 6.24. The summed E-state index contributed by atoms with van der Waals surface area (Å²) in [5.41, 5.74) is 9.07. The van der Waals surface area contributed by atoms with Crippen LogP contribution in [0.3, 0.4) is 0 Å². The van der Waals surface area contributed by atoms with E-state index >= 15 is 0 Å². The molecule has 2 heterocycles. The van der Waals surface area contributed by atoms with Crippen LogP contribution in [0.2, 0.25) is 0 Å². The van der Waals surface area contributed by atoms with Crippen LogP contribution in [-0.4, -0.2) is 34.6 Å². The SMILES string of the molecule is Cc1cc(O)cc(/C=C/CN2CCc3nc(N)sc3CC2)c1. The molecule has 3 rings (SSSR count). The lowest BCUT2D eigenvalue weighted by Gasteiger charge is -2.17. The zero-order valence-electron chi connectivity index (χ0n) is 12.7. The van der Waals surface area contributed by atoms with E-state index in [4.69, 9.17) is 5.73 Å². The molecule has 0 unspecified atom stereocenters. The Bertz CT molecular complexity index is 647. The number of anilines is 1. The number of fused-ring (bicyclic) bond motifs is 1. The number of phenols is 1. The van der Waals surface area contributed by atoms with Crippen molar-refractivity contribution < 1.29 is 5.11 Å². The molecule has 0 saturated heterocycles. The smallest absolute Gasteiger partial charge is 0.180 e. The van der Waals surface area contributed by atoms with Gasteiger partial charge in [-0.3, -0.25) is 4.90 Å². The molecular weight excluding hydrogens is 294 g/mol. The van der Waals surface area contributed by atoms with E-state index in [2.05, 4.69) is 28.1 Å². The van der Waals surface area contributed by atoms with E-state index in [0.29, 0.717) is 10.9 Å². The predicted molar refractivity (Wildman–Crippen MR) is 92.3 cm³/mol. The number of nitrogen functional groups attached to an aromatic ring is 1. The van der Waals surface area contributed by atoms with Crippen molar-refractivity contribution in [3.8, 4) is 5.75 Å². The van der Waals surface area contributed by atoms with Crippen LogP contribution < -0.4 is 5.73 Å². The van der Waals surface area contributed by atoms with E-state index in [-0.39, 0.29) is 0 Å². The molecule has 22 heavy (non-hydrogen) atoms. The van der Waals surface area contributed by atoms with Crippen LogP contribution in [0.25, 0.3) is 6.08 Å². The van der Waals surface area contributed by atoms with Gasteiger partial charge in [0.15, 0.2) is 5.13 Å². The molecule has 0 spiro atoms. The van der Waals surface area contributed by atoms with Crippen molar-refractivity contribution >= 4 is 22.5 Å². The Hall–Kier alpha value is -1.85. The van der Waals surface area contributed by atoms with Gasteiger partial charge in [0.25, 0.3) is 0 Å². The van der Waals surface area contributed by atoms with E-state index in [1.807, 2.05) is 6.92 Å².